The normalized spacial score (nSPS) is 10.2. The van der Waals surface area contributed by atoms with Crippen LogP contribution in [0, 0.1) is 6.92 Å². The lowest BCUT2D eigenvalue weighted by atomic mass is 10.2. The first-order valence-corrected chi connectivity index (χ1v) is 6.30. The minimum Gasteiger partial charge on any atom is -0.439 e. The van der Waals surface area contributed by atoms with E-state index in [9.17, 15) is 0 Å². The molecule has 0 radical (unpaired) electrons. The first-order chi connectivity index (χ1) is 8.56. The van der Waals surface area contributed by atoms with Crippen LogP contribution in [0.2, 0.25) is 0 Å². The molecule has 4 nitrogen and oxygen atoms in total. The third-order valence-corrected chi connectivity index (χ3v) is 2.88. The van der Waals surface area contributed by atoms with Gasteiger partial charge in [-0.2, -0.15) is 4.98 Å². The second-order valence-electron chi connectivity index (χ2n) is 4.10. The fraction of sp³-hybridized carbons (Fsp3) is 0.231. The van der Waals surface area contributed by atoms with Gasteiger partial charge in [-0.15, -0.1) is 0 Å². The maximum absolute atomic E-state index is 5.77. The van der Waals surface area contributed by atoms with E-state index in [2.05, 4.69) is 25.9 Å². The van der Waals surface area contributed by atoms with Gasteiger partial charge in [0.15, 0.2) is 0 Å². The number of halogens is 1. The molecule has 0 aliphatic heterocycles. The fourth-order valence-electron chi connectivity index (χ4n) is 1.40. The maximum atomic E-state index is 5.77. The summed E-state index contributed by atoms with van der Waals surface area (Å²) in [6, 6.07) is 7.64. The van der Waals surface area contributed by atoms with E-state index in [-0.39, 0.29) is 0 Å². The van der Waals surface area contributed by atoms with Crippen LogP contribution in [0.4, 0.5) is 5.95 Å². The summed E-state index contributed by atoms with van der Waals surface area (Å²) >= 11 is 3.43. The summed E-state index contributed by atoms with van der Waals surface area (Å²) in [4.78, 5) is 10.3. The first-order valence-electron chi connectivity index (χ1n) is 5.50. The van der Waals surface area contributed by atoms with Crippen LogP contribution >= 0.6 is 15.9 Å². The Morgan fingerprint density at radius 1 is 1.22 bits per heavy atom. The van der Waals surface area contributed by atoms with Crippen LogP contribution < -0.4 is 9.64 Å². The van der Waals surface area contributed by atoms with Crippen molar-refractivity contribution in [1.29, 1.82) is 0 Å². The molecule has 0 bridgehead atoms. The lowest BCUT2D eigenvalue weighted by Crippen LogP contribution is -2.12. The summed E-state index contributed by atoms with van der Waals surface area (Å²) in [7, 11) is 3.78. The molecule has 2 rings (SSSR count). The van der Waals surface area contributed by atoms with Crippen LogP contribution in [0.25, 0.3) is 0 Å². The van der Waals surface area contributed by atoms with E-state index in [1.165, 1.54) is 0 Å². The zero-order valence-electron chi connectivity index (χ0n) is 10.5. The summed E-state index contributed by atoms with van der Waals surface area (Å²) < 4.78 is 6.75. The third-order valence-electron chi connectivity index (χ3n) is 2.38. The van der Waals surface area contributed by atoms with Gasteiger partial charge in [0.2, 0.25) is 11.8 Å². The smallest absolute Gasteiger partial charge is 0.228 e. The molecule has 0 saturated carbocycles. The minimum atomic E-state index is 0.537. The van der Waals surface area contributed by atoms with Crippen molar-refractivity contribution in [3.63, 3.8) is 0 Å². The number of hydrogen-bond acceptors (Lipinski definition) is 4. The quantitative estimate of drug-likeness (QED) is 0.871. The van der Waals surface area contributed by atoms with E-state index in [1.807, 2.05) is 44.1 Å². The van der Waals surface area contributed by atoms with Crippen molar-refractivity contribution in [2.45, 2.75) is 6.92 Å². The highest BCUT2D eigenvalue weighted by Gasteiger charge is 2.06. The fourth-order valence-corrected chi connectivity index (χ4v) is 1.74. The highest BCUT2D eigenvalue weighted by atomic mass is 79.9. The van der Waals surface area contributed by atoms with Crippen LogP contribution in [-0.2, 0) is 0 Å². The monoisotopic (exact) mass is 307 g/mol. The molecule has 0 spiro atoms. The van der Waals surface area contributed by atoms with Crippen LogP contribution in [0.3, 0.4) is 0 Å². The van der Waals surface area contributed by atoms with Gasteiger partial charge in [-0.1, -0.05) is 22.0 Å². The van der Waals surface area contributed by atoms with Crippen LogP contribution in [0.5, 0.6) is 11.6 Å². The molecule has 5 heteroatoms. The summed E-state index contributed by atoms with van der Waals surface area (Å²) in [6.45, 7) is 2.00. The second kappa shape index (κ2) is 5.35. The van der Waals surface area contributed by atoms with Gasteiger partial charge in [0.25, 0.3) is 0 Å². The van der Waals surface area contributed by atoms with Crippen molar-refractivity contribution >= 4 is 21.9 Å². The Morgan fingerprint density at radius 3 is 2.72 bits per heavy atom. The van der Waals surface area contributed by atoms with E-state index >= 15 is 0 Å². The number of aryl methyl sites for hydroxylation is 1. The average molecular weight is 308 g/mol. The van der Waals surface area contributed by atoms with Crippen molar-refractivity contribution in [3.05, 3.63) is 40.5 Å². The Kier molecular flexibility index (Phi) is 3.81. The molecule has 0 fully saturated rings. The van der Waals surface area contributed by atoms with Crippen molar-refractivity contribution in [3.8, 4) is 11.6 Å². The summed E-state index contributed by atoms with van der Waals surface area (Å²) in [5, 5.41) is 0. The van der Waals surface area contributed by atoms with Gasteiger partial charge in [-0.05, 0) is 24.6 Å². The number of hydrogen-bond donors (Lipinski definition) is 0. The molecule has 1 aromatic carbocycles. The number of aromatic nitrogens is 2. The Bertz CT molecular complexity index is 558. The molecule has 1 aromatic heterocycles. The largest absolute Gasteiger partial charge is 0.439 e. The van der Waals surface area contributed by atoms with Gasteiger partial charge >= 0.3 is 0 Å². The summed E-state index contributed by atoms with van der Waals surface area (Å²) in [5.74, 6) is 1.95. The molecule has 1 heterocycles. The van der Waals surface area contributed by atoms with Gasteiger partial charge in [0.1, 0.15) is 5.75 Å². The molecule has 94 valence electrons. The number of benzene rings is 1. The van der Waals surface area contributed by atoms with Gasteiger partial charge in [-0.25, -0.2) is 4.98 Å². The maximum Gasteiger partial charge on any atom is 0.228 e. The van der Waals surface area contributed by atoms with Gasteiger partial charge in [0, 0.05) is 30.8 Å². The standard InChI is InChI=1S/C13H14BrN3O/c1-9-4-5-10(14)8-11(9)18-12-6-7-15-13(16-12)17(2)3/h4-8H,1-3H3. The van der Waals surface area contributed by atoms with Gasteiger partial charge in [-0.3, -0.25) is 0 Å². The van der Waals surface area contributed by atoms with Gasteiger partial charge in [0.05, 0.1) is 0 Å². The van der Waals surface area contributed by atoms with E-state index in [4.69, 9.17) is 4.74 Å². The van der Waals surface area contributed by atoms with Crippen molar-refractivity contribution in [2.24, 2.45) is 0 Å². The van der Waals surface area contributed by atoms with Crippen molar-refractivity contribution in [2.75, 3.05) is 19.0 Å². The minimum absolute atomic E-state index is 0.537. The van der Waals surface area contributed by atoms with E-state index in [1.54, 1.807) is 12.3 Å². The Balaban J connectivity index is 2.28. The molecule has 2 aromatic rings. The number of nitrogens with zero attached hydrogens (tertiary/aromatic N) is 3. The Labute approximate surface area is 115 Å². The summed E-state index contributed by atoms with van der Waals surface area (Å²) in [6.07, 6.45) is 1.69. The molecular formula is C13H14BrN3O. The van der Waals surface area contributed by atoms with Crippen molar-refractivity contribution in [1.82, 2.24) is 9.97 Å². The Morgan fingerprint density at radius 2 is 2.00 bits per heavy atom. The predicted octanol–water partition coefficient (Wildman–Crippen LogP) is 3.41. The van der Waals surface area contributed by atoms with Crippen LogP contribution in [0.15, 0.2) is 34.9 Å². The predicted molar refractivity (Wildman–Crippen MR) is 75.3 cm³/mol. The highest BCUT2D eigenvalue weighted by Crippen LogP contribution is 2.27. The molecule has 0 saturated heterocycles. The lowest BCUT2D eigenvalue weighted by molar-refractivity contribution is 0.458. The Hall–Kier alpha value is -1.62. The molecule has 0 aliphatic carbocycles. The second-order valence-corrected chi connectivity index (χ2v) is 5.02. The molecule has 0 aliphatic rings. The topological polar surface area (TPSA) is 38.2 Å². The number of rotatable bonds is 3. The first kappa shape index (κ1) is 12.8. The highest BCUT2D eigenvalue weighted by molar-refractivity contribution is 9.10. The molecule has 0 amide bonds. The molecule has 0 unspecified atom stereocenters. The molecule has 18 heavy (non-hydrogen) atoms. The zero-order valence-corrected chi connectivity index (χ0v) is 12.1. The molecule has 0 atom stereocenters. The van der Waals surface area contributed by atoms with Crippen molar-refractivity contribution < 1.29 is 4.74 Å². The van der Waals surface area contributed by atoms with E-state index in [0.29, 0.717) is 11.8 Å². The van der Waals surface area contributed by atoms with Crippen LogP contribution in [0.1, 0.15) is 5.56 Å². The lowest BCUT2D eigenvalue weighted by Gasteiger charge is -2.12. The SMILES string of the molecule is Cc1ccc(Br)cc1Oc1ccnc(N(C)C)n1. The average Bonchev–Trinajstić information content (AvgIpc) is 2.34. The van der Waals surface area contributed by atoms with E-state index in [0.717, 1.165) is 15.8 Å². The summed E-state index contributed by atoms with van der Waals surface area (Å²) in [5.41, 5.74) is 1.06. The third kappa shape index (κ3) is 2.98. The van der Waals surface area contributed by atoms with E-state index < -0.39 is 0 Å². The molecular weight excluding hydrogens is 294 g/mol. The number of anilines is 1. The number of ether oxygens (including phenoxy) is 1. The van der Waals surface area contributed by atoms with Gasteiger partial charge < -0.3 is 9.64 Å². The zero-order chi connectivity index (χ0) is 13.1. The molecule has 0 N–H and O–H groups in total. The van der Waals surface area contributed by atoms with Crippen LogP contribution in [-0.4, -0.2) is 24.1 Å².